The summed E-state index contributed by atoms with van der Waals surface area (Å²) in [7, 11) is -3.07. The third kappa shape index (κ3) is 3.25. The average Bonchev–Trinajstić information content (AvgIpc) is 3.47. The van der Waals surface area contributed by atoms with Crippen LogP contribution in [0.2, 0.25) is 5.02 Å². The van der Waals surface area contributed by atoms with E-state index in [1.807, 2.05) is 19.1 Å². The van der Waals surface area contributed by atoms with Gasteiger partial charge in [-0.15, -0.1) is 0 Å². The molecule has 0 spiro atoms. The largest absolute Gasteiger partial charge is 0.300 e. The molecule has 0 N–H and O–H groups in total. The molecule has 0 bridgehead atoms. The maximum Gasteiger partial charge on any atom is 0.259 e. The van der Waals surface area contributed by atoms with Crippen molar-refractivity contribution in [2.45, 2.75) is 37.5 Å². The van der Waals surface area contributed by atoms with Crippen LogP contribution >= 0.6 is 11.6 Å². The first-order chi connectivity index (χ1) is 13.8. The second kappa shape index (κ2) is 6.79. The molecule has 1 amide bonds. The number of benzene rings is 1. The third-order valence-electron chi connectivity index (χ3n) is 6.11. The van der Waals surface area contributed by atoms with Gasteiger partial charge in [-0.05, 0) is 67.5 Å². The fourth-order valence-corrected chi connectivity index (χ4v) is 6.52. The second-order valence-corrected chi connectivity index (χ2v) is 10.9. The van der Waals surface area contributed by atoms with Gasteiger partial charge in [-0.2, -0.15) is 0 Å². The zero-order chi connectivity index (χ0) is 20.3. The van der Waals surface area contributed by atoms with Gasteiger partial charge >= 0.3 is 0 Å². The molecule has 1 aromatic carbocycles. The van der Waals surface area contributed by atoms with Crippen LogP contribution in [0.15, 0.2) is 36.7 Å². The highest BCUT2D eigenvalue weighted by molar-refractivity contribution is 7.90. The van der Waals surface area contributed by atoms with Crippen molar-refractivity contribution in [2.75, 3.05) is 18.0 Å². The molecule has 3 aliphatic rings. The van der Waals surface area contributed by atoms with Crippen molar-refractivity contribution in [1.82, 2.24) is 9.29 Å². The first kappa shape index (κ1) is 19.0. The van der Waals surface area contributed by atoms with Gasteiger partial charge in [0, 0.05) is 29.9 Å². The van der Waals surface area contributed by atoms with Gasteiger partial charge in [0.15, 0.2) is 0 Å². The zero-order valence-electron chi connectivity index (χ0n) is 16.1. The van der Waals surface area contributed by atoms with Crippen molar-refractivity contribution in [2.24, 2.45) is 5.92 Å². The van der Waals surface area contributed by atoms with Crippen LogP contribution < -0.4 is 4.90 Å². The van der Waals surface area contributed by atoms with Crippen LogP contribution in [0.3, 0.4) is 0 Å². The molecular weight excluding hydrogens is 410 g/mol. The van der Waals surface area contributed by atoms with E-state index in [0.29, 0.717) is 29.6 Å². The molecule has 5 rings (SSSR count). The molecule has 8 heteroatoms. The van der Waals surface area contributed by atoms with E-state index in [4.69, 9.17) is 11.6 Å². The Labute approximate surface area is 175 Å². The molecule has 1 saturated carbocycles. The number of carbonyl (C=O) groups excluding carboxylic acids is 1. The highest BCUT2D eigenvalue weighted by Gasteiger charge is 2.45. The molecule has 6 nitrogen and oxygen atoms in total. The van der Waals surface area contributed by atoms with E-state index in [1.165, 1.54) is 0 Å². The molecule has 1 aliphatic carbocycles. The minimum atomic E-state index is -3.07. The van der Waals surface area contributed by atoms with E-state index < -0.39 is 10.0 Å². The van der Waals surface area contributed by atoms with Crippen molar-refractivity contribution >= 4 is 33.2 Å². The molecule has 0 unspecified atom stereocenters. The Hall–Kier alpha value is -1.96. The van der Waals surface area contributed by atoms with Crippen LogP contribution in [0, 0.1) is 5.92 Å². The first-order valence-electron chi connectivity index (χ1n) is 9.90. The lowest BCUT2D eigenvalue weighted by atomic mass is 9.95. The summed E-state index contributed by atoms with van der Waals surface area (Å²) in [4.78, 5) is 19.0. The normalized spacial score (nSPS) is 22.6. The summed E-state index contributed by atoms with van der Waals surface area (Å²) < 4.78 is 26.1. The van der Waals surface area contributed by atoms with Crippen LogP contribution in [0.1, 0.15) is 47.3 Å². The average molecular weight is 432 g/mol. The Balaban J connectivity index is 1.30. The quantitative estimate of drug-likeness (QED) is 0.727. The van der Waals surface area contributed by atoms with Crippen molar-refractivity contribution in [3.8, 4) is 0 Å². The van der Waals surface area contributed by atoms with Crippen LogP contribution in [-0.2, 0) is 16.4 Å². The maximum absolute atomic E-state index is 12.9. The monoisotopic (exact) mass is 431 g/mol. The number of amides is 1. The first-order valence-corrected chi connectivity index (χ1v) is 11.8. The number of fused-ring (bicyclic) bond motifs is 1. The van der Waals surface area contributed by atoms with E-state index in [-0.39, 0.29) is 17.2 Å². The SMILES string of the molecule is C[C@@H]1c2cc(Cl)ccc2C(=O)N1c1cncc(CC2CN(S(=O)(=O)C3CC3)C2)c1. The van der Waals surface area contributed by atoms with Gasteiger partial charge in [-0.25, -0.2) is 12.7 Å². The van der Waals surface area contributed by atoms with E-state index in [1.54, 1.807) is 33.7 Å². The van der Waals surface area contributed by atoms with Gasteiger partial charge in [0.2, 0.25) is 10.0 Å². The van der Waals surface area contributed by atoms with Crippen molar-refractivity contribution < 1.29 is 13.2 Å². The number of hydrogen-bond donors (Lipinski definition) is 0. The smallest absolute Gasteiger partial charge is 0.259 e. The van der Waals surface area contributed by atoms with Gasteiger partial charge in [0.25, 0.3) is 5.91 Å². The van der Waals surface area contributed by atoms with Crippen molar-refractivity contribution in [1.29, 1.82) is 0 Å². The van der Waals surface area contributed by atoms with E-state index >= 15 is 0 Å². The van der Waals surface area contributed by atoms with E-state index in [9.17, 15) is 13.2 Å². The lowest BCUT2D eigenvalue weighted by Crippen LogP contribution is -2.51. The highest BCUT2D eigenvalue weighted by Crippen LogP contribution is 2.39. The molecule has 29 heavy (non-hydrogen) atoms. The molecule has 3 heterocycles. The van der Waals surface area contributed by atoms with Crippen LogP contribution in [0.25, 0.3) is 0 Å². The summed E-state index contributed by atoms with van der Waals surface area (Å²) in [6, 6.07) is 7.24. The van der Waals surface area contributed by atoms with E-state index in [2.05, 4.69) is 4.98 Å². The minimum Gasteiger partial charge on any atom is -0.300 e. The van der Waals surface area contributed by atoms with Gasteiger partial charge in [0.1, 0.15) is 0 Å². The highest BCUT2D eigenvalue weighted by atomic mass is 35.5. The second-order valence-electron chi connectivity index (χ2n) is 8.27. The number of pyridine rings is 1. The Morgan fingerprint density at radius 1 is 1.17 bits per heavy atom. The summed E-state index contributed by atoms with van der Waals surface area (Å²) in [5, 5.41) is 0.471. The molecule has 2 fully saturated rings. The Morgan fingerprint density at radius 3 is 2.66 bits per heavy atom. The van der Waals surface area contributed by atoms with E-state index in [0.717, 1.165) is 36.1 Å². The Morgan fingerprint density at radius 2 is 1.93 bits per heavy atom. The summed E-state index contributed by atoms with van der Waals surface area (Å²) in [6.45, 7) is 3.14. The molecule has 0 radical (unpaired) electrons. The fraction of sp³-hybridized carbons (Fsp3) is 0.429. The number of hydrogen-bond acceptors (Lipinski definition) is 4. The van der Waals surface area contributed by atoms with Gasteiger partial charge in [-0.1, -0.05) is 11.6 Å². The van der Waals surface area contributed by atoms with Crippen molar-refractivity contribution in [3.63, 3.8) is 0 Å². The van der Waals surface area contributed by atoms with Crippen LogP contribution in [-0.4, -0.2) is 42.0 Å². The molecular formula is C21H22ClN3O3S. The van der Waals surface area contributed by atoms with Gasteiger partial charge in [0.05, 0.1) is 23.2 Å². The lowest BCUT2D eigenvalue weighted by Gasteiger charge is -2.38. The van der Waals surface area contributed by atoms with Crippen LogP contribution in [0.5, 0.6) is 0 Å². The number of rotatable bonds is 5. The Kier molecular flexibility index (Phi) is 4.46. The van der Waals surface area contributed by atoms with Crippen molar-refractivity contribution in [3.05, 3.63) is 58.4 Å². The summed E-state index contributed by atoms with van der Waals surface area (Å²) in [5.74, 6) is 0.247. The number of anilines is 1. The fourth-order valence-electron chi connectivity index (χ4n) is 4.35. The number of halogens is 1. The molecule has 2 aliphatic heterocycles. The number of nitrogens with zero attached hydrogens (tertiary/aromatic N) is 3. The summed E-state index contributed by atoms with van der Waals surface area (Å²) in [5.41, 5.74) is 3.37. The standard InChI is InChI=1S/C21H22ClN3O3S/c1-13-20-8-16(22)2-5-19(20)21(26)25(13)17-7-14(9-23-10-17)6-15-11-24(12-15)29(27,28)18-3-4-18/h2,5,7-10,13,15,18H,3-4,6,11-12H2,1H3/t13-/m1/s1. The number of carbonyl (C=O) groups is 1. The summed E-state index contributed by atoms with van der Waals surface area (Å²) in [6.07, 6.45) is 5.86. The number of aromatic nitrogens is 1. The topological polar surface area (TPSA) is 70.6 Å². The molecule has 1 saturated heterocycles. The Bertz CT molecular complexity index is 1090. The molecule has 2 aromatic rings. The third-order valence-corrected chi connectivity index (χ3v) is 8.68. The van der Waals surface area contributed by atoms with Crippen LogP contribution in [0.4, 0.5) is 5.69 Å². The predicted molar refractivity (Wildman–Crippen MR) is 112 cm³/mol. The predicted octanol–water partition coefficient (Wildman–Crippen LogP) is 3.42. The molecule has 1 aromatic heterocycles. The zero-order valence-corrected chi connectivity index (χ0v) is 17.7. The minimum absolute atomic E-state index is 0.0477. The summed E-state index contributed by atoms with van der Waals surface area (Å²) >= 11 is 6.11. The number of sulfonamides is 1. The molecule has 1 atom stereocenters. The molecule has 152 valence electrons. The lowest BCUT2D eigenvalue weighted by molar-refractivity contribution is 0.0992. The maximum atomic E-state index is 12.9. The van der Waals surface area contributed by atoms with Gasteiger partial charge < -0.3 is 0 Å². The van der Waals surface area contributed by atoms with Gasteiger partial charge in [-0.3, -0.25) is 14.7 Å².